The molecule has 0 aliphatic rings. The van der Waals surface area contributed by atoms with Crippen molar-refractivity contribution in [2.75, 3.05) is 5.32 Å². The summed E-state index contributed by atoms with van der Waals surface area (Å²) in [6.45, 7) is 0.602. The molecule has 0 saturated carbocycles. The molecule has 2 rings (SSSR count). The molecule has 0 aliphatic carbocycles. The van der Waals surface area contributed by atoms with Crippen LogP contribution in [0, 0.1) is 0 Å². The Hall–Kier alpha value is -2.04. The van der Waals surface area contributed by atoms with Crippen LogP contribution in [0.2, 0.25) is 5.02 Å². The number of rotatable bonds is 4. The predicted octanol–water partition coefficient (Wildman–Crippen LogP) is 3.07. The average molecular weight is 277 g/mol. The van der Waals surface area contributed by atoms with Crippen molar-refractivity contribution < 1.29 is 10.0 Å². The summed E-state index contributed by atoms with van der Waals surface area (Å²) in [7, 11) is 0. The Labute approximate surface area is 116 Å². The number of carbonyl (C=O) groups is 1. The fourth-order valence-electron chi connectivity index (χ4n) is 1.64. The number of carbonyl (C=O) groups excluding carboxylic acids is 1. The third-order valence-electron chi connectivity index (χ3n) is 2.67. The molecule has 0 bridgehead atoms. The predicted molar refractivity (Wildman–Crippen MR) is 74.5 cm³/mol. The van der Waals surface area contributed by atoms with E-state index in [2.05, 4.69) is 5.32 Å². The van der Waals surface area contributed by atoms with E-state index in [0.29, 0.717) is 17.1 Å². The highest BCUT2D eigenvalue weighted by atomic mass is 35.5. The highest BCUT2D eigenvalue weighted by molar-refractivity contribution is 6.33. The second-order valence-electron chi connectivity index (χ2n) is 3.97. The molecule has 0 aliphatic heterocycles. The molecule has 5 heteroatoms. The zero-order chi connectivity index (χ0) is 13.7. The van der Waals surface area contributed by atoms with Crippen molar-refractivity contribution in [2.24, 2.45) is 0 Å². The minimum absolute atomic E-state index is 0.406. The summed E-state index contributed by atoms with van der Waals surface area (Å²) in [6.07, 6.45) is 0. The lowest BCUT2D eigenvalue weighted by Gasteiger charge is -2.08. The molecule has 2 aromatic carbocycles. The number of hydroxylamine groups is 1. The number of nitrogens with one attached hydrogen (secondary N) is 2. The van der Waals surface area contributed by atoms with Crippen LogP contribution in [0.1, 0.15) is 15.9 Å². The minimum Gasteiger partial charge on any atom is -0.380 e. The maximum atomic E-state index is 11.2. The van der Waals surface area contributed by atoms with Crippen molar-refractivity contribution in [1.82, 2.24) is 5.48 Å². The summed E-state index contributed by atoms with van der Waals surface area (Å²) in [6, 6.07) is 14.4. The molecule has 19 heavy (non-hydrogen) atoms. The maximum absolute atomic E-state index is 11.2. The molecule has 0 radical (unpaired) electrons. The van der Waals surface area contributed by atoms with Gasteiger partial charge in [0.05, 0.1) is 10.7 Å². The molecule has 0 saturated heterocycles. The van der Waals surface area contributed by atoms with Crippen molar-refractivity contribution in [2.45, 2.75) is 6.54 Å². The molecule has 3 N–H and O–H groups in total. The molecular weight excluding hydrogens is 264 g/mol. The summed E-state index contributed by atoms with van der Waals surface area (Å²) in [5.41, 5.74) is 3.87. The Balaban J connectivity index is 2.01. The second kappa shape index (κ2) is 6.22. The molecule has 0 spiro atoms. The quantitative estimate of drug-likeness (QED) is 0.594. The van der Waals surface area contributed by atoms with Crippen LogP contribution in [-0.2, 0) is 6.54 Å². The van der Waals surface area contributed by atoms with E-state index >= 15 is 0 Å². The Morgan fingerprint density at radius 2 is 1.79 bits per heavy atom. The first-order valence-electron chi connectivity index (χ1n) is 5.72. The zero-order valence-corrected chi connectivity index (χ0v) is 10.8. The SMILES string of the molecule is O=C(NO)c1ccc(CNc2ccccc2Cl)cc1. The summed E-state index contributed by atoms with van der Waals surface area (Å²) < 4.78 is 0. The summed E-state index contributed by atoms with van der Waals surface area (Å²) >= 11 is 6.03. The van der Waals surface area contributed by atoms with E-state index in [1.165, 1.54) is 0 Å². The van der Waals surface area contributed by atoms with Gasteiger partial charge >= 0.3 is 0 Å². The monoisotopic (exact) mass is 276 g/mol. The van der Waals surface area contributed by atoms with Crippen molar-refractivity contribution in [1.29, 1.82) is 0 Å². The Morgan fingerprint density at radius 3 is 2.42 bits per heavy atom. The fourth-order valence-corrected chi connectivity index (χ4v) is 1.84. The summed E-state index contributed by atoms with van der Waals surface area (Å²) in [5.74, 6) is -0.523. The van der Waals surface area contributed by atoms with Gasteiger partial charge in [0.15, 0.2) is 0 Å². The normalized spacial score (nSPS) is 10.0. The molecule has 0 heterocycles. The lowest BCUT2D eigenvalue weighted by molar-refractivity contribution is 0.0706. The van der Waals surface area contributed by atoms with E-state index in [0.717, 1.165) is 11.3 Å². The third-order valence-corrected chi connectivity index (χ3v) is 3.00. The molecule has 0 unspecified atom stereocenters. The first-order chi connectivity index (χ1) is 9.20. The lowest BCUT2D eigenvalue weighted by Crippen LogP contribution is -2.18. The highest BCUT2D eigenvalue weighted by Crippen LogP contribution is 2.21. The molecule has 98 valence electrons. The number of benzene rings is 2. The van der Waals surface area contributed by atoms with Crippen LogP contribution in [0.5, 0.6) is 0 Å². The first-order valence-corrected chi connectivity index (χ1v) is 6.10. The molecule has 0 fully saturated rings. The highest BCUT2D eigenvalue weighted by Gasteiger charge is 2.03. The first kappa shape index (κ1) is 13.4. The van der Waals surface area contributed by atoms with Gasteiger partial charge in [-0.1, -0.05) is 35.9 Å². The fraction of sp³-hybridized carbons (Fsp3) is 0.0714. The Bertz CT molecular complexity index is 570. The van der Waals surface area contributed by atoms with Gasteiger partial charge in [0.25, 0.3) is 5.91 Å². The minimum atomic E-state index is -0.523. The van der Waals surface area contributed by atoms with Crippen LogP contribution in [0.15, 0.2) is 48.5 Å². The molecule has 2 aromatic rings. The molecule has 4 nitrogen and oxygen atoms in total. The van der Waals surface area contributed by atoms with E-state index in [9.17, 15) is 4.79 Å². The number of anilines is 1. The Kier molecular flexibility index (Phi) is 4.39. The summed E-state index contributed by atoms with van der Waals surface area (Å²) in [4.78, 5) is 11.2. The van der Waals surface area contributed by atoms with Gasteiger partial charge < -0.3 is 5.32 Å². The number of hydrogen-bond acceptors (Lipinski definition) is 3. The van der Waals surface area contributed by atoms with E-state index in [-0.39, 0.29) is 0 Å². The van der Waals surface area contributed by atoms with Gasteiger partial charge in [-0.05, 0) is 29.8 Å². The van der Waals surface area contributed by atoms with Crippen molar-refractivity contribution >= 4 is 23.2 Å². The van der Waals surface area contributed by atoms with Crippen molar-refractivity contribution in [3.8, 4) is 0 Å². The van der Waals surface area contributed by atoms with Gasteiger partial charge in [0.1, 0.15) is 0 Å². The van der Waals surface area contributed by atoms with Gasteiger partial charge in [-0.2, -0.15) is 0 Å². The Morgan fingerprint density at radius 1 is 1.11 bits per heavy atom. The topological polar surface area (TPSA) is 61.4 Å². The molecule has 0 aromatic heterocycles. The van der Waals surface area contributed by atoms with Gasteiger partial charge in [0, 0.05) is 12.1 Å². The second-order valence-corrected chi connectivity index (χ2v) is 4.38. The molecule has 1 amide bonds. The standard InChI is InChI=1S/C14H13ClN2O2/c15-12-3-1-2-4-13(12)16-9-10-5-7-11(8-6-10)14(18)17-19/h1-8,16,19H,9H2,(H,17,18). The van der Waals surface area contributed by atoms with Crippen LogP contribution in [-0.4, -0.2) is 11.1 Å². The third kappa shape index (κ3) is 3.47. The van der Waals surface area contributed by atoms with Crippen LogP contribution >= 0.6 is 11.6 Å². The molecule has 0 atom stereocenters. The van der Waals surface area contributed by atoms with Crippen LogP contribution in [0.3, 0.4) is 0 Å². The van der Waals surface area contributed by atoms with E-state index < -0.39 is 5.91 Å². The smallest absolute Gasteiger partial charge is 0.274 e. The average Bonchev–Trinajstić information content (AvgIpc) is 2.46. The van der Waals surface area contributed by atoms with Crippen LogP contribution < -0.4 is 10.8 Å². The van der Waals surface area contributed by atoms with Gasteiger partial charge in [0.2, 0.25) is 0 Å². The largest absolute Gasteiger partial charge is 0.380 e. The van der Waals surface area contributed by atoms with E-state index in [1.54, 1.807) is 17.6 Å². The summed E-state index contributed by atoms with van der Waals surface area (Å²) in [5, 5.41) is 12.4. The lowest BCUT2D eigenvalue weighted by atomic mass is 10.1. The number of halogens is 1. The van der Waals surface area contributed by atoms with Crippen molar-refractivity contribution in [3.05, 3.63) is 64.7 Å². The number of para-hydroxylation sites is 1. The van der Waals surface area contributed by atoms with Crippen LogP contribution in [0.25, 0.3) is 0 Å². The van der Waals surface area contributed by atoms with Gasteiger partial charge in [-0.25, -0.2) is 5.48 Å². The zero-order valence-electron chi connectivity index (χ0n) is 10.1. The maximum Gasteiger partial charge on any atom is 0.274 e. The number of amides is 1. The molecular formula is C14H13ClN2O2. The van der Waals surface area contributed by atoms with E-state index in [1.807, 2.05) is 36.4 Å². The van der Waals surface area contributed by atoms with Gasteiger partial charge in [-0.15, -0.1) is 0 Å². The number of hydrogen-bond donors (Lipinski definition) is 3. The van der Waals surface area contributed by atoms with Crippen molar-refractivity contribution in [3.63, 3.8) is 0 Å². The van der Waals surface area contributed by atoms with Crippen LogP contribution in [0.4, 0.5) is 5.69 Å². The van der Waals surface area contributed by atoms with Gasteiger partial charge in [-0.3, -0.25) is 10.0 Å². The van der Waals surface area contributed by atoms with E-state index in [4.69, 9.17) is 16.8 Å².